The number of para-hydroxylation sites is 1. The van der Waals surface area contributed by atoms with Crippen molar-refractivity contribution in [1.29, 1.82) is 0 Å². The molecule has 1 heterocycles. The lowest BCUT2D eigenvalue weighted by Crippen LogP contribution is -2.16. The van der Waals surface area contributed by atoms with Crippen molar-refractivity contribution in [3.05, 3.63) is 95.8 Å². The number of pyridine rings is 1. The van der Waals surface area contributed by atoms with E-state index in [4.69, 9.17) is 0 Å². The zero-order valence-electron chi connectivity index (χ0n) is 12.3. The van der Waals surface area contributed by atoms with Crippen molar-refractivity contribution < 1.29 is 9.59 Å². The minimum atomic E-state index is -0.348. The number of anilines is 1. The summed E-state index contributed by atoms with van der Waals surface area (Å²) >= 11 is 0. The quantitative estimate of drug-likeness (QED) is 0.750. The summed E-state index contributed by atoms with van der Waals surface area (Å²) in [7, 11) is 0. The molecule has 0 radical (unpaired) electrons. The van der Waals surface area contributed by atoms with E-state index < -0.39 is 0 Å². The van der Waals surface area contributed by atoms with Crippen LogP contribution in [0.5, 0.6) is 0 Å². The first-order valence-corrected chi connectivity index (χ1v) is 7.17. The Morgan fingerprint density at radius 1 is 0.783 bits per heavy atom. The van der Waals surface area contributed by atoms with E-state index in [2.05, 4.69) is 10.3 Å². The molecule has 0 aliphatic carbocycles. The second kappa shape index (κ2) is 6.66. The average Bonchev–Trinajstić information content (AvgIpc) is 2.63. The molecule has 0 atom stereocenters. The van der Waals surface area contributed by atoms with Gasteiger partial charge in [-0.2, -0.15) is 0 Å². The van der Waals surface area contributed by atoms with E-state index in [9.17, 15) is 9.59 Å². The van der Waals surface area contributed by atoms with Crippen LogP contribution in [0.2, 0.25) is 0 Å². The van der Waals surface area contributed by atoms with Gasteiger partial charge in [0.1, 0.15) is 5.69 Å². The number of carbonyl (C=O) groups excluding carboxylic acids is 2. The van der Waals surface area contributed by atoms with Crippen LogP contribution >= 0.6 is 0 Å². The predicted octanol–water partition coefficient (Wildman–Crippen LogP) is 3.56. The zero-order valence-corrected chi connectivity index (χ0v) is 12.3. The minimum Gasteiger partial charge on any atom is -0.320 e. The lowest BCUT2D eigenvalue weighted by atomic mass is 10.0. The molecule has 0 fully saturated rings. The Morgan fingerprint density at radius 2 is 1.48 bits per heavy atom. The second-order valence-corrected chi connectivity index (χ2v) is 4.91. The van der Waals surface area contributed by atoms with Crippen molar-refractivity contribution >= 4 is 17.4 Å². The van der Waals surface area contributed by atoms with Gasteiger partial charge in [-0.25, -0.2) is 0 Å². The summed E-state index contributed by atoms with van der Waals surface area (Å²) in [6, 6.07) is 21.0. The maximum atomic E-state index is 12.6. The number of aromatic nitrogens is 1. The number of carbonyl (C=O) groups is 2. The average molecular weight is 302 g/mol. The largest absolute Gasteiger partial charge is 0.320 e. The molecule has 2 aromatic carbocycles. The molecule has 3 aromatic rings. The lowest BCUT2D eigenvalue weighted by molar-refractivity contribution is 0.102. The highest BCUT2D eigenvalue weighted by Crippen LogP contribution is 2.19. The van der Waals surface area contributed by atoms with Crippen LogP contribution in [0.1, 0.15) is 26.4 Å². The predicted molar refractivity (Wildman–Crippen MR) is 88.5 cm³/mol. The molecule has 1 N–H and O–H groups in total. The van der Waals surface area contributed by atoms with Crippen molar-refractivity contribution in [3.8, 4) is 0 Å². The van der Waals surface area contributed by atoms with E-state index in [0.29, 0.717) is 22.5 Å². The number of hydrogen-bond acceptors (Lipinski definition) is 3. The Kier molecular flexibility index (Phi) is 4.25. The van der Waals surface area contributed by atoms with Gasteiger partial charge in [-0.3, -0.25) is 14.6 Å². The van der Waals surface area contributed by atoms with Crippen LogP contribution < -0.4 is 5.32 Å². The van der Waals surface area contributed by atoms with Crippen LogP contribution in [-0.2, 0) is 0 Å². The Hall–Kier alpha value is -3.27. The maximum Gasteiger partial charge on any atom is 0.274 e. The van der Waals surface area contributed by atoms with E-state index in [-0.39, 0.29) is 11.7 Å². The number of amides is 1. The van der Waals surface area contributed by atoms with Crippen LogP contribution in [0.3, 0.4) is 0 Å². The summed E-state index contributed by atoms with van der Waals surface area (Å²) in [4.78, 5) is 28.9. The molecule has 0 bridgehead atoms. The Bertz CT molecular complexity index is 830. The van der Waals surface area contributed by atoms with Gasteiger partial charge in [0.2, 0.25) is 0 Å². The Labute approximate surface area is 133 Å². The molecular weight excluding hydrogens is 288 g/mol. The zero-order chi connectivity index (χ0) is 16.1. The molecule has 112 valence electrons. The fraction of sp³-hybridized carbons (Fsp3) is 0. The summed E-state index contributed by atoms with van der Waals surface area (Å²) in [6.07, 6.45) is 1.55. The molecule has 1 aromatic heterocycles. The van der Waals surface area contributed by atoms with E-state index in [1.807, 2.05) is 18.2 Å². The second-order valence-electron chi connectivity index (χ2n) is 4.91. The fourth-order valence-corrected chi connectivity index (χ4v) is 2.22. The van der Waals surface area contributed by atoms with Crippen molar-refractivity contribution in [2.24, 2.45) is 0 Å². The van der Waals surface area contributed by atoms with Gasteiger partial charge in [-0.15, -0.1) is 0 Å². The van der Waals surface area contributed by atoms with Gasteiger partial charge in [-0.05, 0) is 24.3 Å². The molecule has 1 amide bonds. The van der Waals surface area contributed by atoms with Gasteiger partial charge in [0, 0.05) is 17.3 Å². The van der Waals surface area contributed by atoms with E-state index >= 15 is 0 Å². The first kappa shape index (κ1) is 14.7. The molecule has 4 heteroatoms. The number of nitrogens with one attached hydrogen (secondary N) is 1. The van der Waals surface area contributed by atoms with Gasteiger partial charge in [0.15, 0.2) is 5.78 Å². The van der Waals surface area contributed by atoms with Gasteiger partial charge in [-0.1, -0.05) is 48.5 Å². The molecular formula is C19H14N2O2. The van der Waals surface area contributed by atoms with Crippen molar-refractivity contribution in [3.63, 3.8) is 0 Å². The third-order valence-electron chi connectivity index (χ3n) is 3.35. The molecule has 0 spiro atoms. The van der Waals surface area contributed by atoms with Crippen LogP contribution in [0.25, 0.3) is 0 Å². The van der Waals surface area contributed by atoms with E-state index in [0.717, 1.165) is 0 Å². The number of hydrogen-bond donors (Lipinski definition) is 1. The van der Waals surface area contributed by atoms with Crippen LogP contribution in [0, 0.1) is 0 Å². The lowest BCUT2D eigenvalue weighted by Gasteiger charge is -2.10. The van der Waals surface area contributed by atoms with Crippen LogP contribution in [-0.4, -0.2) is 16.7 Å². The van der Waals surface area contributed by atoms with Crippen LogP contribution in [0.15, 0.2) is 79.0 Å². The number of rotatable bonds is 4. The summed E-state index contributed by atoms with van der Waals surface area (Å²) in [5, 5.41) is 2.76. The third kappa shape index (κ3) is 3.32. The number of ketones is 1. The van der Waals surface area contributed by atoms with Crippen LogP contribution in [0.4, 0.5) is 5.69 Å². The number of benzene rings is 2. The molecule has 0 saturated carbocycles. The maximum absolute atomic E-state index is 12.6. The number of nitrogens with zero attached hydrogens (tertiary/aromatic N) is 1. The minimum absolute atomic E-state index is 0.137. The van der Waals surface area contributed by atoms with E-state index in [1.165, 1.54) is 0 Å². The first-order chi connectivity index (χ1) is 11.3. The SMILES string of the molecule is O=C(Nc1ccccc1C(=O)c1ccccc1)c1ccccn1. The normalized spacial score (nSPS) is 10.1. The third-order valence-corrected chi connectivity index (χ3v) is 3.35. The molecule has 0 saturated heterocycles. The first-order valence-electron chi connectivity index (χ1n) is 7.17. The van der Waals surface area contributed by atoms with Gasteiger partial charge < -0.3 is 5.32 Å². The standard InChI is InChI=1S/C19H14N2O2/c22-18(14-8-2-1-3-9-14)15-10-4-5-11-16(15)21-19(23)17-12-6-7-13-20-17/h1-13H,(H,21,23). The highest BCUT2D eigenvalue weighted by Gasteiger charge is 2.15. The highest BCUT2D eigenvalue weighted by atomic mass is 16.2. The molecule has 23 heavy (non-hydrogen) atoms. The monoisotopic (exact) mass is 302 g/mol. The van der Waals surface area contributed by atoms with Crippen molar-refractivity contribution in [1.82, 2.24) is 4.98 Å². The summed E-state index contributed by atoms with van der Waals surface area (Å²) in [5.74, 6) is -0.485. The van der Waals surface area contributed by atoms with Gasteiger partial charge in [0.05, 0.1) is 5.69 Å². The van der Waals surface area contributed by atoms with Gasteiger partial charge in [0.25, 0.3) is 5.91 Å². The summed E-state index contributed by atoms with van der Waals surface area (Å²) in [6.45, 7) is 0. The summed E-state index contributed by atoms with van der Waals surface area (Å²) < 4.78 is 0. The smallest absolute Gasteiger partial charge is 0.274 e. The Balaban J connectivity index is 1.90. The van der Waals surface area contributed by atoms with Gasteiger partial charge >= 0.3 is 0 Å². The summed E-state index contributed by atoms with van der Waals surface area (Å²) in [5.41, 5.74) is 1.79. The van der Waals surface area contributed by atoms with Crippen molar-refractivity contribution in [2.75, 3.05) is 5.32 Å². The topological polar surface area (TPSA) is 59.1 Å². The molecule has 0 aliphatic heterocycles. The molecule has 0 unspecified atom stereocenters. The fourth-order valence-electron chi connectivity index (χ4n) is 2.22. The molecule has 0 aliphatic rings. The molecule has 3 rings (SSSR count). The molecule has 4 nitrogen and oxygen atoms in total. The Morgan fingerprint density at radius 3 is 2.22 bits per heavy atom. The highest BCUT2D eigenvalue weighted by molar-refractivity contribution is 6.15. The van der Waals surface area contributed by atoms with E-state index in [1.54, 1.807) is 60.8 Å². The van der Waals surface area contributed by atoms with Crippen molar-refractivity contribution in [2.45, 2.75) is 0 Å².